The maximum atomic E-state index is 13.0. The predicted molar refractivity (Wildman–Crippen MR) is 112 cm³/mol. The van der Waals surface area contributed by atoms with Crippen LogP contribution in [0.4, 0.5) is 5.69 Å². The van der Waals surface area contributed by atoms with Gasteiger partial charge in [-0.3, -0.25) is 4.79 Å². The van der Waals surface area contributed by atoms with Crippen molar-refractivity contribution in [2.75, 3.05) is 11.9 Å². The SMILES string of the molecule is CCCOc1ccc([C@H]2NC(=S)NC(C)=C2C(=O)Nc2ccccc2)cc1. The second kappa shape index (κ2) is 8.68. The molecule has 1 aliphatic rings. The zero-order valence-electron chi connectivity index (χ0n) is 15.4. The van der Waals surface area contributed by atoms with Crippen LogP contribution in [-0.2, 0) is 4.79 Å². The van der Waals surface area contributed by atoms with Gasteiger partial charge >= 0.3 is 0 Å². The normalized spacial score (nSPS) is 16.4. The number of anilines is 1. The fourth-order valence-electron chi connectivity index (χ4n) is 2.94. The summed E-state index contributed by atoms with van der Waals surface area (Å²) in [6.45, 7) is 4.61. The Morgan fingerprint density at radius 3 is 2.52 bits per heavy atom. The molecule has 0 saturated carbocycles. The van der Waals surface area contributed by atoms with Gasteiger partial charge in [0.2, 0.25) is 0 Å². The summed E-state index contributed by atoms with van der Waals surface area (Å²) in [7, 11) is 0. The van der Waals surface area contributed by atoms with Crippen LogP contribution in [-0.4, -0.2) is 17.6 Å². The Morgan fingerprint density at radius 2 is 1.85 bits per heavy atom. The Balaban J connectivity index is 1.86. The Bertz CT molecular complexity index is 847. The third-order valence-corrected chi connectivity index (χ3v) is 4.45. The molecule has 0 unspecified atom stereocenters. The number of thiocarbonyl (C=S) groups is 1. The molecule has 1 aliphatic heterocycles. The maximum absolute atomic E-state index is 13.0. The number of para-hydroxylation sites is 1. The lowest BCUT2D eigenvalue weighted by molar-refractivity contribution is -0.113. The summed E-state index contributed by atoms with van der Waals surface area (Å²) in [6.07, 6.45) is 0.956. The molecule has 3 N–H and O–H groups in total. The van der Waals surface area contributed by atoms with Crippen LogP contribution in [0.1, 0.15) is 31.9 Å². The number of benzene rings is 2. The number of nitrogens with one attached hydrogen (secondary N) is 3. The van der Waals surface area contributed by atoms with E-state index in [-0.39, 0.29) is 11.9 Å². The third kappa shape index (κ3) is 4.65. The quantitative estimate of drug-likeness (QED) is 0.663. The zero-order chi connectivity index (χ0) is 19.2. The van der Waals surface area contributed by atoms with Crippen molar-refractivity contribution in [1.29, 1.82) is 0 Å². The van der Waals surface area contributed by atoms with Crippen molar-refractivity contribution in [3.05, 3.63) is 71.4 Å². The van der Waals surface area contributed by atoms with E-state index < -0.39 is 0 Å². The number of allylic oxidation sites excluding steroid dienone is 1. The van der Waals surface area contributed by atoms with Crippen molar-refractivity contribution in [1.82, 2.24) is 10.6 Å². The molecule has 2 aromatic carbocycles. The Hall–Kier alpha value is -2.86. The molecule has 1 atom stereocenters. The smallest absolute Gasteiger partial charge is 0.255 e. The van der Waals surface area contributed by atoms with Crippen molar-refractivity contribution in [3.8, 4) is 5.75 Å². The fraction of sp³-hybridized carbons (Fsp3) is 0.238. The van der Waals surface area contributed by atoms with E-state index in [0.717, 1.165) is 29.1 Å². The van der Waals surface area contributed by atoms with Crippen LogP contribution in [0.5, 0.6) is 5.75 Å². The van der Waals surface area contributed by atoms with E-state index in [2.05, 4.69) is 22.9 Å². The summed E-state index contributed by atoms with van der Waals surface area (Å²) in [4.78, 5) is 13.0. The van der Waals surface area contributed by atoms with Gasteiger partial charge in [-0.2, -0.15) is 0 Å². The average molecular weight is 382 g/mol. The fourth-order valence-corrected chi connectivity index (χ4v) is 3.21. The molecule has 3 rings (SSSR count). The summed E-state index contributed by atoms with van der Waals surface area (Å²) in [5, 5.41) is 9.70. The van der Waals surface area contributed by atoms with Gasteiger partial charge in [-0.15, -0.1) is 0 Å². The Morgan fingerprint density at radius 1 is 1.15 bits per heavy atom. The molecule has 0 aromatic heterocycles. The first-order chi connectivity index (χ1) is 13.1. The van der Waals surface area contributed by atoms with E-state index >= 15 is 0 Å². The van der Waals surface area contributed by atoms with Gasteiger partial charge in [0, 0.05) is 11.4 Å². The zero-order valence-corrected chi connectivity index (χ0v) is 16.2. The van der Waals surface area contributed by atoms with Crippen molar-refractivity contribution >= 4 is 28.9 Å². The summed E-state index contributed by atoms with van der Waals surface area (Å²) in [5.41, 5.74) is 3.04. The minimum absolute atomic E-state index is 0.169. The molecule has 0 fully saturated rings. The number of carbonyl (C=O) groups excluding carboxylic acids is 1. The van der Waals surface area contributed by atoms with E-state index in [1.165, 1.54) is 0 Å². The molecule has 27 heavy (non-hydrogen) atoms. The minimum Gasteiger partial charge on any atom is -0.494 e. The Labute approximate surface area is 164 Å². The molecular weight excluding hydrogens is 358 g/mol. The van der Waals surface area contributed by atoms with Crippen LogP contribution in [0.2, 0.25) is 0 Å². The summed E-state index contributed by atoms with van der Waals surface area (Å²) in [5.74, 6) is 0.644. The van der Waals surface area contributed by atoms with Crippen molar-refractivity contribution in [3.63, 3.8) is 0 Å². The lowest BCUT2D eigenvalue weighted by Crippen LogP contribution is -2.45. The highest BCUT2D eigenvalue weighted by atomic mass is 32.1. The standard InChI is InChI=1S/C21H23N3O2S/c1-3-13-26-17-11-9-15(10-12-17)19-18(14(2)22-21(27)24-19)20(25)23-16-7-5-4-6-8-16/h4-12,19H,3,13H2,1-2H3,(H,23,25)(H2,22,24,27)/t19-/m1/s1. The largest absolute Gasteiger partial charge is 0.494 e. The molecule has 1 amide bonds. The highest BCUT2D eigenvalue weighted by Crippen LogP contribution is 2.29. The monoisotopic (exact) mass is 381 g/mol. The summed E-state index contributed by atoms with van der Waals surface area (Å²) >= 11 is 5.30. The van der Waals surface area contributed by atoms with Crippen molar-refractivity contribution < 1.29 is 9.53 Å². The molecule has 6 heteroatoms. The van der Waals surface area contributed by atoms with Crippen LogP contribution in [0, 0.1) is 0 Å². The van der Waals surface area contributed by atoms with E-state index in [9.17, 15) is 4.79 Å². The average Bonchev–Trinajstić information content (AvgIpc) is 2.67. The number of hydrogen-bond acceptors (Lipinski definition) is 3. The molecule has 0 aliphatic carbocycles. The molecule has 1 heterocycles. The highest BCUT2D eigenvalue weighted by Gasteiger charge is 2.29. The third-order valence-electron chi connectivity index (χ3n) is 4.23. The van der Waals surface area contributed by atoms with Gasteiger partial charge in [0.1, 0.15) is 5.75 Å². The second-order valence-corrected chi connectivity index (χ2v) is 6.72. The van der Waals surface area contributed by atoms with Gasteiger partial charge < -0.3 is 20.7 Å². The van der Waals surface area contributed by atoms with E-state index in [0.29, 0.717) is 17.3 Å². The highest BCUT2D eigenvalue weighted by molar-refractivity contribution is 7.80. The molecule has 0 bridgehead atoms. The molecule has 140 valence electrons. The van der Waals surface area contributed by atoms with Crippen LogP contribution in [0.25, 0.3) is 0 Å². The summed E-state index contributed by atoms with van der Waals surface area (Å²) in [6, 6.07) is 16.8. The second-order valence-electron chi connectivity index (χ2n) is 6.31. The maximum Gasteiger partial charge on any atom is 0.255 e. The number of amides is 1. The van der Waals surface area contributed by atoms with Crippen LogP contribution >= 0.6 is 12.2 Å². The van der Waals surface area contributed by atoms with Gasteiger partial charge in [0.15, 0.2) is 5.11 Å². The molecule has 0 spiro atoms. The van der Waals surface area contributed by atoms with Crippen LogP contribution in [0.15, 0.2) is 65.9 Å². The topological polar surface area (TPSA) is 62.4 Å². The van der Waals surface area contributed by atoms with Crippen LogP contribution in [0.3, 0.4) is 0 Å². The number of carbonyl (C=O) groups is 1. The Kier molecular flexibility index (Phi) is 6.08. The first kappa shape index (κ1) is 18.9. The van der Waals surface area contributed by atoms with Gasteiger partial charge in [0.25, 0.3) is 5.91 Å². The van der Waals surface area contributed by atoms with Crippen molar-refractivity contribution in [2.24, 2.45) is 0 Å². The van der Waals surface area contributed by atoms with Gasteiger partial charge in [0.05, 0.1) is 18.2 Å². The van der Waals surface area contributed by atoms with E-state index in [4.69, 9.17) is 17.0 Å². The van der Waals surface area contributed by atoms with Gasteiger partial charge in [-0.25, -0.2) is 0 Å². The predicted octanol–water partition coefficient (Wildman–Crippen LogP) is 3.91. The number of hydrogen-bond donors (Lipinski definition) is 3. The van der Waals surface area contributed by atoms with E-state index in [1.54, 1.807) is 0 Å². The molecular formula is C21H23N3O2S. The minimum atomic E-state index is -0.331. The summed E-state index contributed by atoms with van der Waals surface area (Å²) < 4.78 is 5.64. The molecule has 0 saturated heterocycles. The van der Waals surface area contributed by atoms with Crippen LogP contribution < -0.4 is 20.7 Å². The van der Waals surface area contributed by atoms with E-state index in [1.807, 2.05) is 61.5 Å². The number of ether oxygens (including phenoxy) is 1. The van der Waals surface area contributed by atoms with Gasteiger partial charge in [-0.05, 0) is 55.4 Å². The molecule has 2 aromatic rings. The molecule has 5 nitrogen and oxygen atoms in total. The number of rotatable bonds is 6. The van der Waals surface area contributed by atoms with Crippen molar-refractivity contribution in [2.45, 2.75) is 26.3 Å². The first-order valence-electron chi connectivity index (χ1n) is 8.96. The lowest BCUT2D eigenvalue weighted by Gasteiger charge is -2.30. The van der Waals surface area contributed by atoms with Gasteiger partial charge in [-0.1, -0.05) is 37.3 Å². The first-order valence-corrected chi connectivity index (χ1v) is 9.36. The lowest BCUT2D eigenvalue weighted by atomic mass is 9.95. The molecule has 0 radical (unpaired) electrons.